The summed E-state index contributed by atoms with van der Waals surface area (Å²) in [4.78, 5) is 20.3. The third kappa shape index (κ3) is 7.21. The van der Waals surface area contributed by atoms with E-state index in [2.05, 4.69) is 45.6 Å². The van der Waals surface area contributed by atoms with Crippen molar-refractivity contribution in [2.75, 3.05) is 6.61 Å². The molecular formula is C35H31ClN4O5. The van der Waals surface area contributed by atoms with Crippen molar-refractivity contribution in [2.45, 2.75) is 39.1 Å². The van der Waals surface area contributed by atoms with E-state index in [4.69, 9.17) is 21.1 Å². The molecule has 0 aliphatic heterocycles. The highest BCUT2D eigenvalue weighted by atomic mass is 35.5. The summed E-state index contributed by atoms with van der Waals surface area (Å²) in [6.07, 6.45) is 4.84. The van der Waals surface area contributed by atoms with E-state index in [0.717, 1.165) is 33.2 Å². The van der Waals surface area contributed by atoms with Gasteiger partial charge in [-0.3, -0.25) is 20.1 Å². The van der Waals surface area contributed by atoms with E-state index in [0.29, 0.717) is 33.2 Å². The minimum atomic E-state index is -1.58. The Bertz CT molecular complexity index is 1910. The van der Waals surface area contributed by atoms with Crippen LogP contribution in [0.25, 0.3) is 22.0 Å². The number of hydrogen-bond acceptors (Lipinski definition) is 8. The van der Waals surface area contributed by atoms with Gasteiger partial charge in [0.25, 0.3) is 0 Å². The van der Waals surface area contributed by atoms with E-state index in [1.54, 1.807) is 30.6 Å². The molecule has 0 bridgehead atoms. The Morgan fingerprint density at radius 2 is 1.84 bits per heavy atom. The number of carboxylic acids is 1. The summed E-state index contributed by atoms with van der Waals surface area (Å²) in [7, 11) is 0. The van der Waals surface area contributed by atoms with Crippen LogP contribution in [-0.2, 0) is 24.6 Å². The van der Waals surface area contributed by atoms with Crippen LogP contribution in [0, 0.1) is 18.3 Å². The molecule has 3 aromatic carbocycles. The molecule has 0 saturated carbocycles. The predicted octanol–water partition coefficient (Wildman–Crippen LogP) is 6.21. The van der Waals surface area contributed by atoms with Gasteiger partial charge in [0.15, 0.2) is 0 Å². The quantitative estimate of drug-likeness (QED) is 0.148. The zero-order chi connectivity index (χ0) is 32.0. The highest BCUT2D eigenvalue weighted by molar-refractivity contribution is 6.32. The fourth-order valence-corrected chi connectivity index (χ4v) is 5.02. The number of nitrogens with one attached hydrogen (secondary N) is 1. The van der Waals surface area contributed by atoms with Gasteiger partial charge in [0, 0.05) is 47.7 Å². The van der Waals surface area contributed by atoms with Crippen LogP contribution in [0.3, 0.4) is 0 Å². The average Bonchev–Trinajstić information content (AvgIpc) is 3.06. The van der Waals surface area contributed by atoms with Gasteiger partial charge in [0.2, 0.25) is 0 Å². The van der Waals surface area contributed by atoms with Crippen molar-refractivity contribution < 1.29 is 24.5 Å². The number of rotatable bonds is 12. The molecule has 0 fully saturated rings. The Morgan fingerprint density at radius 3 is 2.62 bits per heavy atom. The monoisotopic (exact) mass is 622 g/mol. The van der Waals surface area contributed by atoms with Gasteiger partial charge in [-0.15, -0.1) is 0 Å². The van der Waals surface area contributed by atoms with Crippen LogP contribution in [0.4, 0.5) is 0 Å². The molecule has 2 heterocycles. The molecule has 228 valence electrons. The number of benzene rings is 3. The van der Waals surface area contributed by atoms with Crippen LogP contribution >= 0.6 is 11.6 Å². The van der Waals surface area contributed by atoms with E-state index in [9.17, 15) is 20.3 Å². The number of aliphatic carboxylic acids is 1. The first-order valence-electron chi connectivity index (χ1n) is 14.2. The van der Waals surface area contributed by atoms with Gasteiger partial charge in [0.1, 0.15) is 36.3 Å². The molecule has 3 N–H and O–H groups in total. The van der Waals surface area contributed by atoms with E-state index >= 15 is 0 Å². The molecule has 9 nitrogen and oxygen atoms in total. The van der Waals surface area contributed by atoms with Crippen LogP contribution in [0.1, 0.15) is 34.7 Å². The van der Waals surface area contributed by atoms with Crippen molar-refractivity contribution in [3.63, 3.8) is 0 Å². The van der Waals surface area contributed by atoms with Gasteiger partial charge in [-0.1, -0.05) is 48.0 Å². The molecule has 0 aliphatic rings. The van der Waals surface area contributed by atoms with Gasteiger partial charge in [-0.2, -0.15) is 5.26 Å². The molecule has 2 aromatic heterocycles. The third-order valence-corrected chi connectivity index (χ3v) is 7.93. The van der Waals surface area contributed by atoms with Gasteiger partial charge >= 0.3 is 5.97 Å². The van der Waals surface area contributed by atoms with Crippen molar-refractivity contribution in [1.29, 1.82) is 5.26 Å². The summed E-state index contributed by atoms with van der Waals surface area (Å²) in [5.41, 5.74) is 5.12. The smallest absolute Gasteiger partial charge is 0.326 e. The molecular weight excluding hydrogens is 592 g/mol. The number of carbonyl (C=O) groups is 1. The van der Waals surface area contributed by atoms with Gasteiger partial charge < -0.3 is 19.7 Å². The maximum absolute atomic E-state index is 11.7. The van der Waals surface area contributed by atoms with Crippen molar-refractivity contribution in [3.8, 4) is 28.7 Å². The lowest BCUT2D eigenvalue weighted by Crippen LogP contribution is -2.52. The van der Waals surface area contributed by atoms with Crippen molar-refractivity contribution in [2.24, 2.45) is 0 Å². The third-order valence-electron chi connectivity index (χ3n) is 7.64. The summed E-state index contributed by atoms with van der Waals surface area (Å²) in [5, 5.41) is 32.8. The van der Waals surface area contributed by atoms with Gasteiger partial charge in [-0.25, -0.2) is 0 Å². The maximum atomic E-state index is 11.7. The number of aromatic nitrogens is 2. The van der Waals surface area contributed by atoms with Crippen molar-refractivity contribution in [1.82, 2.24) is 15.3 Å². The van der Waals surface area contributed by atoms with Gasteiger partial charge in [-0.05, 0) is 60.4 Å². The number of carboxylic acid groups (broad SMARTS) is 1. The first-order chi connectivity index (χ1) is 21.7. The first-order valence-corrected chi connectivity index (χ1v) is 14.5. The lowest BCUT2D eigenvalue weighted by molar-refractivity contribution is -0.145. The number of ether oxygens (including phenoxy) is 2. The Morgan fingerprint density at radius 1 is 1.02 bits per heavy atom. The van der Waals surface area contributed by atoms with Gasteiger partial charge in [0.05, 0.1) is 22.7 Å². The summed E-state index contributed by atoms with van der Waals surface area (Å²) < 4.78 is 12.3. The molecule has 0 radical (unpaired) electrons. The van der Waals surface area contributed by atoms with Crippen LogP contribution < -0.4 is 14.8 Å². The highest BCUT2D eigenvalue weighted by Gasteiger charge is 2.32. The van der Waals surface area contributed by atoms with Crippen molar-refractivity contribution >= 4 is 28.5 Å². The first kappa shape index (κ1) is 31.4. The molecule has 1 atom stereocenters. The second-order valence-corrected chi connectivity index (χ2v) is 11.2. The Balaban J connectivity index is 1.40. The topological polar surface area (TPSA) is 138 Å². The number of fused-ring (bicyclic) bond motifs is 1. The number of halogens is 1. The molecule has 0 saturated heterocycles. The standard InChI is InChI=1S/C35H31ClN4O5/c1-22-27(5-3-7-29(22)26-9-8-25-6-4-10-39-31(25)13-26)20-45-33-14-32(44-19-24-11-23(15-37)16-38-17-24)28(12-30(33)36)18-40-35(2,21-41)34(42)43/h3-14,16-17,40-41H,18-21H2,1-2H3,(H,42,43). The average molecular weight is 623 g/mol. The second-order valence-electron chi connectivity index (χ2n) is 10.8. The molecule has 45 heavy (non-hydrogen) atoms. The number of aliphatic hydroxyl groups excluding tert-OH is 1. The minimum absolute atomic E-state index is 0.0386. The molecule has 1 unspecified atom stereocenters. The predicted molar refractivity (Wildman–Crippen MR) is 171 cm³/mol. The fourth-order valence-electron chi connectivity index (χ4n) is 4.78. The lowest BCUT2D eigenvalue weighted by atomic mass is 9.96. The van der Waals surface area contributed by atoms with Crippen LogP contribution in [0.15, 0.2) is 85.3 Å². The molecule has 0 aliphatic carbocycles. The molecule has 5 aromatic rings. The number of nitriles is 1. The van der Waals surface area contributed by atoms with Crippen LogP contribution in [0.2, 0.25) is 5.02 Å². The Kier molecular flexibility index (Phi) is 9.59. The molecule has 0 amide bonds. The highest BCUT2D eigenvalue weighted by Crippen LogP contribution is 2.35. The Labute approximate surface area is 265 Å². The Hall–Kier alpha value is -5.01. The van der Waals surface area contributed by atoms with Crippen LogP contribution in [0.5, 0.6) is 11.5 Å². The summed E-state index contributed by atoms with van der Waals surface area (Å²) in [6.45, 7) is 3.18. The zero-order valence-corrected chi connectivity index (χ0v) is 25.5. The summed E-state index contributed by atoms with van der Waals surface area (Å²) >= 11 is 6.67. The zero-order valence-electron chi connectivity index (χ0n) is 24.8. The molecule has 0 spiro atoms. The fraction of sp³-hybridized carbons (Fsp3) is 0.200. The van der Waals surface area contributed by atoms with E-state index in [1.165, 1.54) is 13.1 Å². The van der Waals surface area contributed by atoms with Crippen LogP contribution in [-0.4, -0.2) is 38.3 Å². The van der Waals surface area contributed by atoms with Crippen molar-refractivity contribution in [3.05, 3.63) is 118 Å². The molecule has 5 rings (SSSR count). The number of nitrogens with zero attached hydrogens (tertiary/aromatic N) is 3. The largest absolute Gasteiger partial charge is 0.488 e. The second kappa shape index (κ2) is 13.7. The summed E-state index contributed by atoms with van der Waals surface area (Å²) in [6, 6.07) is 23.3. The van der Waals surface area contributed by atoms with E-state index in [1.807, 2.05) is 31.2 Å². The number of hydrogen-bond donors (Lipinski definition) is 3. The lowest BCUT2D eigenvalue weighted by Gasteiger charge is -2.25. The number of pyridine rings is 2. The maximum Gasteiger partial charge on any atom is 0.326 e. The minimum Gasteiger partial charge on any atom is -0.488 e. The van der Waals surface area contributed by atoms with E-state index in [-0.39, 0.29) is 19.8 Å². The SMILES string of the molecule is Cc1c(COc2cc(OCc3cncc(C#N)c3)c(CNC(C)(CO)C(=O)O)cc2Cl)cccc1-c1ccc2cccnc2c1. The normalized spacial score (nSPS) is 12.3. The summed E-state index contributed by atoms with van der Waals surface area (Å²) in [5.74, 6) is -0.429. The van der Waals surface area contributed by atoms with E-state index < -0.39 is 18.1 Å². The molecule has 10 heteroatoms. The number of aliphatic hydroxyl groups is 1.